The second-order valence-corrected chi connectivity index (χ2v) is 6.42. The summed E-state index contributed by atoms with van der Waals surface area (Å²) in [5, 5.41) is 5.27. The summed E-state index contributed by atoms with van der Waals surface area (Å²) in [4.78, 5) is 4.41. The van der Waals surface area contributed by atoms with Gasteiger partial charge in [-0.2, -0.15) is 0 Å². The fourth-order valence-electron chi connectivity index (χ4n) is 1.61. The lowest BCUT2D eigenvalue weighted by molar-refractivity contribution is 0.547. The lowest BCUT2D eigenvalue weighted by Crippen LogP contribution is -2.12. The van der Waals surface area contributed by atoms with Crippen LogP contribution in [0.1, 0.15) is 31.5 Å². The lowest BCUT2D eigenvalue weighted by Gasteiger charge is -2.14. The number of thiazole rings is 1. The SMILES string of the molecule is CC(C)(C)c1csc(CNc2c(F)cc(F)cc2F)n1. The molecule has 0 aliphatic heterocycles. The minimum absolute atomic E-state index is 0.0683. The van der Waals surface area contributed by atoms with Gasteiger partial charge in [0.1, 0.15) is 16.5 Å². The summed E-state index contributed by atoms with van der Waals surface area (Å²) in [6, 6.07) is 1.29. The van der Waals surface area contributed by atoms with Gasteiger partial charge >= 0.3 is 0 Å². The van der Waals surface area contributed by atoms with E-state index in [1.165, 1.54) is 11.3 Å². The third-order valence-corrected chi connectivity index (χ3v) is 3.59. The Balaban J connectivity index is 2.12. The van der Waals surface area contributed by atoms with Crippen LogP contribution in [0.3, 0.4) is 0 Å². The Kier molecular flexibility index (Phi) is 4.04. The molecule has 2 rings (SSSR count). The van der Waals surface area contributed by atoms with Gasteiger partial charge in [-0.15, -0.1) is 11.3 Å². The standard InChI is InChI=1S/C14H15F3N2S/c1-14(2,3)11-7-20-12(19-11)6-18-13-9(16)4-8(15)5-10(13)17/h4-5,7,18H,6H2,1-3H3. The number of halogens is 3. The fourth-order valence-corrected chi connectivity index (χ4v) is 2.57. The maximum absolute atomic E-state index is 13.4. The van der Waals surface area contributed by atoms with Gasteiger partial charge in [0.15, 0.2) is 11.6 Å². The maximum Gasteiger partial charge on any atom is 0.152 e. The van der Waals surface area contributed by atoms with Crippen molar-refractivity contribution in [2.24, 2.45) is 0 Å². The van der Waals surface area contributed by atoms with Gasteiger partial charge in [0.05, 0.1) is 12.2 Å². The number of aromatic nitrogens is 1. The van der Waals surface area contributed by atoms with Crippen LogP contribution in [-0.4, -0.2) is 4.98 Å². The Morgan fingerprint density at radius 2 is 1.75 bits per heavy atom. The van der Waals surface area contributed by atoms with E-state index >= 15 is 0 Å². The number of hydrogen-bond donors (Lipinski definition) is 1. The zero-order valence-corrected chi connectivity index (χ0v) is 12.2. The Bertz CT molecular complexity index is 594. The molecule has 0 saturated heterocycles. The normalized spacial score (nSPS) is 11.7. The van der Waals surface area contributed by atoms with Crippen molar-refractivity contribution in [1.82, 2.24) is 4.98 Å². The van der Waals surface area contributed by atoms with Crippen molar-refractivity contribution in [3.8, 4) is 0 Å². The van der Waals surface area contributed by atoms with Crippen LogP contribution in [-0.2, 0) is 12.0 Å². The molecule has 0 bridgehead atoms. The Labute approximate surface area is 119 Å². The summed E-state index contributed by atoms with van der Waals surface area (Å²) < 4.78 is 39.7. The van der Waals surface area contributed by atoms with Gasteiger partial charge < -0.3 is 5.32 Å². The highest BCUT2D eigenvalue weighted by Gasteiger charge is 2.18. The van der Waals surface area contributed by atoms with Crippen molar-refractivity contribution in [3.05, 3.63) is 45.7 Å². The lowest BCUT2D eigenvalue weighted by atomic mass is 9.93. The Morgan fingerprint density at radius 1 is 1.15 bits per heavy atom. The summed E-state index contributed by atoms with van der Waals surface area (Å²) >= 11 is 1.42. The van der Waals surface area contributed by atoms with Crippen LogP contribution in [0.5, 0.6) is 0 Å². The molecule has 0 aliphatic rings. The number of hydrogen-bond acceptors (Lipinski definition) is 3. The smallest absolute Gasteiger partial charge is 0.152 e. The minimum Gasteiger partial charge on any atom is -0.374 e. The summed E-state index contributed by atoms with van der Waals surface area (Å²) in [7, 11) is 0. The van der Waals surface area contributed by atoms with Crippen molar-refractivity contribution in [2.45, 2.75) is 32.7 Å². The van der Waals surface area contributed by atoms with Crippen LogP contribution in [0, 0.1) is 17.5 Å². The number of nitrogens with one attached hydrogen (secondary N) is 1. The van der Waals surface area contributed by atoms with Gasteiger partial charge in [-0.25, -0.2) is 18.2 Å². The molecule has 0 amide bonds. The van der Waals surface area contributed by atoms with Gasteiger partial charge in [-0.05, 0) is 0 Å². The summed E-state index contributed by atoms with van der Waals surface area (Å²) in [6.07, 6.45) is 0. The molecule has 0 aliphatic carbocycles. The van der Waals surface area contributed by atoms with Crippen LogP contribution in [0.25, 0.3) is 0 Å². The first-order valence-corrected chi connectivity index (χ1v) is 6.98. The van der Waals surface area contributed by atoms with Gasteiger partial charge in [0.2, 0.25) is 0 Å². The molecule has 2 aromatic rings. The molecule has 0 saturated carbocycles. The van der Waals surface area contributed by atoms with Gasteiger partial charge in [0.25, 0.3) is 0 Å². The van der Waals surface area contributed by atoms with Crippen LogP contribution in [0.4, 0.5) is 18.9 Å². The molecule has 0 fully saturated rings. The molecule has 20 heavy (non-hydrogen) atoms. The van der Waals surface area contributed by atoms with E-state index in [0.29, 0.717) is 12.1 Å². The maximum atomic E-state index is 13.4. The summed E-state index contributed by atoms with van der Waals surface area (Å²) in [5.74, 6) is -2.83. The van der Waals surface area contributed by atoms with Crippen LogP contribution >= 0.6 is 11.3 Å². The molecule has 0 radical (unpaired) electrons. The minimum atomic E-state index is -0.949. The van der Waals surface area contributed by atoms with Crippen molar-refractivity contribution >= 4 is 17.0 Å². The Hall–Kier alpha value is -1.56. The largest absolute Gasteiger partial charge is 0.374 e. The predicted octanol–water partition coefficient (Wildman–Crippen LogP) is 4.47. The number of nitrogens with zero attached hydrogens (tertiary/aromatic N) is 1. The molecular weight excluding hydrogens is 285 g/mol. The predicted molar refractivity (Wildman–Crippen MR) is 74.5 cm³/mol. The zero-order chi connectivity index (χ0) is 14.9. The highest BCUT2D eigenvalue weighted by atomic mass is 32.1. The molecule has 1 aromatic heterocycles. The fraction of sp³-hybridized carbons (Fsp3) is 0.357. The first-order valence-electron chi connectivity index (χ1n) is 6.10. The molecule has 1 N–H and O–H groups in total. The van der Waals surface area contributed by atoms with E-state index in [0.717, 1.165) is 10.7 Å². The zero-order valence-electron chi connectivity index (χ0n) is 11.4. The number of rotatable bonds is 3. The molecule has 1 aromatic carbocycles. The van der Waals surface area contributed by atoms with Crippen LogP contribution in [0.2, 0.25) is 0 Å². The van der Waals surface area contributed by atoms with E-state index in [1.54, 1.807) is 0 Å². The van der Waals surface area contributed by atoms with Gasteiger partial charge in [-0.1, -0.05) is 20.8 Å². The topological polar surface area (TPSA) is 24.9 Å². The van der Waals surface area contributed by atoms with E-state index in [-0.39, 0.29) is 17.6 Å². The highest BCUT2D eigenvalue weighted by molar-refractivity contribution is 7.09. The summed E-state index contributed by atoms with van der Waals surface area (Å²) in [5.41, 5.74) is 0.527. The average molecular weight is 300 g/mol. The van der Waals surface area contributed by atoms with Gasteiger partial charge in [0, 0.05) is 22.9 Å². The summed E-state index contributed by atoms with van der Waals surface area (Å²) in [6.45, 7) is 6.32. The van der Waals surface area contributed by atoms with Gasteiger partial charge in [-0.3, -0.25) is 0 Å². The third-order valence-electron chi connectivity index (χ3n) is 2.74. The first kappa shape index (κ1) is 14.8. The van der Waals surface area contributed by atoms with Crippen LogP contribution in [0.15, 0.2) is 17.5 Å². The van der Waals surface area contributed by atoms with E-state index in [1.807, 2.05) is 26.2 Å². The van der Waals surface area contributed by atoms with Crippen molar-refractivity contribution in [3.63, 3.8) is 0 Å². The van der Waals surface area contributed by atoms with E-state index < -0.39 is 17.5 Å². The van der Waals surface area contributed by atoms with E-state index in [9.17, 15) is 13.2 Å². The molecule has 0 spiro atoms. The molecular formula is C14H15F3N2S. The average Bonchev–Trinajstić information content (AvgIpc) is 2.75. The van der Waals surface area contributed by atoms with Crippen LogP contribution < -0.4 is 5.32 Å². The molecule has 0 unspecified atom stereocenters. The van der Waals surface area contributed by atoms with E-state index in [4.69, 9.17) is 0 Å². The first-order chi connectivity index (χ1) is 9.27. The quantitative estimate of drug-likeness (QED) is 0.904. The van der Waals surface area contributed by atoms with E-state index in [2.05, 4.69) is 10.3 Å². The molecule has 6 heteroatoms. The number of anilines is 1. The van der Waals surface area contributed by atoms with Crippen molar-refractivity contribution < 1.29 is 13.2 Å². The second-order valence-electron chi connectivity index (χ2n) is 5.47. The molecule has 2 nitrogen and oxygen atoms in total. The molecule has 108 valence electrons. The molecule has 0 atom stereocenters. The Morgan fingerprint density at radius 3 is 2.25 bits per heavy atom. The third kappa shape index (κ3) is 3.30. The van der Waals surface area contributed by atoms with Crippen molar-refractivity contribution in [1.29, 1.82) is 0 Å². The van der Waals surface area contributed by atoms with Crippen molar-refractivity contribution in [2.75, 3.05) is 5.32 Å². The molecule has 1 heterocycles. The highest BCUT2D eigenvalue weighted by Crippen LogP contribution is 2.25. The monoisotopic (exact) mass is 300 g/mol. The number of benzene rings is 1. The second kappa shape index (κ2) is 5.44.